The first-order chi connectivity index (χ1) is 12.2. The van der Waals surface area contributed by atoms with E-state index in [0.717, 1.165) is 0 Å². The maximum atomic E-state index is 12.8. The summed E-state index contributed by atoms with van der Waals surface area (Å²) in [6.45, 7) is 0.0447. The van der Waals surface area contributed by atoms with Crippen LogP contribution in [0.25, 0.3) is 0 Å². The Labute approximate surface area is 157 Å². The fraction of sp³-hybridized carbons (Fsp3) is 0.375. The molecule has 2 heterocycles. The van der Waals surface area contributed by atoms with Gasteiger partial charge in [0.15, 0.2) is 9.84 Å². The van der Waals surface area contributed by atoms with Gasteiger partial charge in [-0.15, -0.1) is 0 Å². The molecule has 26 heavy (non-hydrogen) atoms. The second kappa shape index (κ2) is 7.22. The minimum atomic E-state index is -3.84. The quantitative estimate of drug-likeness (QED) is 0.713. The monoisotopic (exact) mass is 419 g/mol. The molecule has 1 aliphatic rings. The fourth-order valence-electron chi connectivity index (χ4n) is 2.88. The lowest BCUT2D eigenvalue weighted by atomic mass is 10.3. The molecular formula is C16H18ClNO6S2. The Morgan fingerprint density at radius 3 is 2.65 bits per heavy atom. The number of halogens is 1. The maximum Gasteiger partial charge on any atom is 0.243 e. The van der Waals surface area contributed by atoms with Crippen molar-refractivity contribution in [1.82, 2.24) is 4.31 Å². The molecule has 7 nitrogen and oxygen atoms in total. The number of hydrogen-bond acceptors (Lipinski definition) is 6. The summed E-state index contributed by atoms with van der Waals surface area (Å²) in [5, 5.41) is -0.592. The van der Waals surface area contributed by atoms with Crippen LogP contribution in [-0.2, 0) is 25.6 Å². The summed E-state index contributed by atoms with van der Waals surface area (Å²) in [5.41, 5.74) is 0. The summed E-state index contributed by atoms with van der Waals surface area (Å²) >= 11 is 6.01. The molecule has 0 saturated carbocycles. The molecule has 0 unspecified atom stereocenters. The normalized spacial score (nSPS) is 18.9. The average molecular weight is 420 g/mol. The molecule has 0 N–H and O–H groups in total. The predicted molar refractivity (Wildman–Crippen MR) is 96.5 cm³/mol. The first kappa shape index (κ1) is 19.2. The molecule has 1 aromatic carbocycles. The number of sulfone groups is 1. The van der Waals surface area contributed by atoms with Crippen LogP contribution in [0.1, 0.15) is 12.2 Å². The molecular weight excluding hydrogens is 402 g/mol. The summed E-state index contributed by atoms with van der Waals surface area (Å²) in [4.78, 5) is 0.00684. The molecule has 1 aliphatic heterocycles. The van der Waals surface area contributed by atoms with Gasteiger partial charge in [-0.2, -0.15) is 4.31 Å². The van der Waals surface area contributed by atoms with E-state index < -0.39 is 25.1 Å². The maximum absolute atomic E-state index is 12.8. The van der Waals surface area contributed by atoms with Gasteiger partial charge in [-0.1, -0.05) is 11.6 Å². The van der Waals surface area contributed by atoms with Gasteiger partial charge in [-0.3, -0.25) is 0 Å². The van der Waals surface area contributed by atoms with Crippen molar-refractivity contribution in [3.63, 3.8) is 0 Å². The van der Waals surface area contributed by atoms with E-state index in [0.29, 0.717) is 11.5 Å². The highest BCUT2D eigenvalue weighted by atomic mass is 35.5. The standard InChI is InChI=1S/C16H18ClNO6S2/c1-23-16-5-4-13(9-15(16)17)26(21,22)18-7-6-14(10-18)25(19,20)11-12-3-2-8-24-12/h2-5,8-9,14H,6-7,10-11H2,1H3/t14-/m1/s1. The van der Waals surface area contributed by atoms with E-state index in [1.54, 1.807) is 12.1 Å². The van der Waals surface area contributed by atoms with E-state index in [1.807, 2.05) is 0 Å². The van der Waals surface area contributed by atoms with Crippen molar-refractivity contribution >= 4 is 31.5 Å². The largest absolute Gasteiger partial charge is 0.495 e. The lowest BCUT2D eigenvalue weighted by molar-refractivity contribution is 0.414. The molecule has 1 fully saturated rings. The van der Waals surface area contributed by atoms with E-state index in [-0.39, 0.29) is 35.2 Å². The van der Waals surface area contributed by atoms with E-state index in [9.17, 15) is 16.8 Å². The summed E-state index contributed by atoms with van der Waals surface area (Å²) in [7, 11) is -5.92. The third-order valence-corrected chi connectivity index (χ3v) is 8.54. The van der Waals surface area contributed by atoms with E-state index in [4.69, 9.17) is 20.8 Å². The minimum absolute atomic E-state index is 0.00684. The third-order valence-electron chi connectivity index (χ3n) is 4.30. The summed E-state index contributed by atoms with van der Waals surface area (Å²) in [6.07, 6.45) is 1.65. The highest BCUT2D eigenvalue weighted by molar-refractivity contribution is 7.91. The zero-order chi connectivity index (χ0) is 18.9. The Morgan fingerprint density at radius 2 is 2.04 bits per heavy atom. The first-order valence-electron chi connectivity index (χ1n) is 7.81. The predicted octanol–water partition coefficient (Wildman–Crippen LogP) is 2.32. The highest BCUT2D eigenvalue weighted by Gasteiger charge is 2.39. The second-order valence-corrected chi connectivity index (χ2v) is 10.6. The first-order valence-corrected chi connectivity index (χ1v) is 11.3. The van der Waals surface area contributed by atoms with E-state index >= 15 is 0 Å². The topological polar surface area (TPSA) is 93.9 Å². The number of methoxy groups -OCH3 is 1. The Morgan fingerprint density at radius 1 is 1.27 bits per heavy atom. The van der Waals surface area contributed by atoms with Crippen LogP contribution < -0.4 is 4.74 Å². The van der Waals surface area contributed by atoms with Crippen LogP contribution >= 0.6 is 11.6 Å². The van der Waals surface area contributed by atoms with Gasteiger partial charge in [0, 0.05) is 13.1 Å². The molecule has 1 saturated heterocycles. The van der Waals surface area contributed by atoms with Gasteiger partial charge in [-0.05, 0) is 36.8 Å². The number of benzene rings is 1. The summed E-state index contributed by atoms with van der Waals surface area (Å²) in [6, 6.07) is 7.37. The lowest BCUT2D eigenvalue weighted by Gasteiger charge is -2.17. The second-order valence-electron chi connectivity index (χ2n) is 5.96. The molecule has 1 aromatic heterocycles. The Bertz CT molecular complexity index is 986. The van der Waals surface area contributed by atoms with Crippen molar-refractivity contribution in [2.24, 2.45) is 0 Å². The minimum Gasteiger partial charge on any atom is -0.495 e. The Balaban J connectivity index is 1.78. The number of ether oxygens (including phenoxy) is 1. The van der Waals surface area contributed by atoms with Crippen LogP contribution in [0.3, 0.4) is 0 Å². The van der Waals surface area contributed by atoms with Crippen LogP contribution in [0.2, 0.25) is 5.02 Å². The van der Waals surface area contributed by atoms with Crippen molar-refractivity contribution in [2.45, 2.75) is 22.3 Å². The van der Waals surface area contributed by atoms with E-state index in [1.165, 1.54) is 35.9 Å². The van der Waals surface area contributed by atoms with E-state index in [2.05, 4.69) is 0 Å². The van der Waals surface area contributed by atoms with Crippen molar-refractivity contribution in [2.75, 3.05) is 20.2 Å². The van der Waals surface area contributed by atoms with Gasteiger partial charge in [-0.25, -0.2) is 16.8 Å². The molecule has 0 aliphatic carbocycles. The van der Waals surface area contributed by atoms with Gasteiger partial charge >= 0.3 is 0 Å². The van der Waals surface area contributed by atoms with Gasteiger partial charge < -0.3 is 9.15 Å². The molecule has 3 rings (SSSR count). The number of rotatable bonds is 6. The van der Waals surface area contributed by atoms with Crippen molar-refractivity contribution in [1.29, 1.82) is 0 Å². The van der Waals surface area contributed by atoms with Gasteiger partial charge in [0.1, 0.15) is 17.3 Å². The highest BCUT2D eigenvalue weighted by Crippen LogP contribution is 2.31. The van der Waals surface area contributed by atoms with Crippen molar-refractivity contribution < 1.29 is 26.0 Å². The van der Waals surface area contributed by atoms with Crippen molar-refractivity contribution in [3.05, 3.63) is 47.4 Å². The van der Waals surface area contributed by atoms with Crippen LogP contribution in [0.5, 0.6) is 5.75 Å². The van der Waals surface area contributed by atoms with Gasteiger partial charge in [0.05, 0.1) is 28.5 Å². The summed E-state index contributed by atoms with van der Waals surface area (Å²) in [5.74, 6) is 0.464. The smallest absolute Gasteiger partial charge is 0.243 e. The Kier molecular flexibility index (Phi) is 5.34. The molecule has 0 spiro atoms. The number of sulfonamides is 1. The number of furan rings is 1. The molecule has 1 atom stereocenters. The molecule has 0 bridgehead atoms. The number of nitrogens with zero attached hydrogens (tertiary/aromatic N) is 1. The molecule has 2 aromatic rings. The molecule has 0 radical (unpaired) electrons. The fourth-order valence-corrected chi connectivity index (χ4v) is 6.49. The third kappa shape index (κ3) is 3.75. The lowest BCUT2D eigenvalue weighted by Crippen LogP contribution is -2.32. The molecule has 0 amide bonds. The molecule has 142 valence electrons. The summed E-state index contributed by atoms with van der Waals surface area (Å²) < 4.78 is 61.9. The van der Waals surface area contributed by atoms with Gasteiger partial charge in [0.2, 0.25) is 10.0 Å². The van der Waals surface area contributed by atoms with Crippen molar-refractivity contribution in [3.8, 4) is 5.75 Å². The zero-order valence-electron chi connectivity index (χ0n) is 14.0. The molecule has 10 heteroatoms. The SMILES string of the molecule is COc1ccc(S(=O)(=O)N2CC[C@@H](S(=O)(=O)Cc3ccco3)C2)cc1Cl. The number of hydrogen-bond donors (Lipinski definition) is 0. The van der Waals surface area contributed by atoms with Crippen LogP contribution in [0.4, 0.5) is 0 Å². The van der Waals surface area contributed by atoms with Crippen LogP contribution in [0, 0.1) is 0 Å². The van der Waals surface area contributed by atoms with Crippen LogP contribution in [0.15, 0.2) is 45.9 Å². The van der Waals surface area contributed by atoms with Gasteiger partial charge in [0.25, 0.3) is 0 Å². The zero-order valence-corrected chi connectivity index (χ0v) is 16.3. The average Bonchev–Trinajstić information content (AvgIpc) is 3.26. The van der Waals surface area contributed by atoms with Crippen LogP contribution in [-0.4, -0.2) is 46.6 Å². The Hall–Kier alpha value is -1.55.